The molecule has 0 fully saturated rings. The van der Waals surface area contributed by atoms with Gasteiger partial charge in [0.2, 0.25) is 5.72 Å². The maximum Gasteiger partial charge on any atom is 0.229 e. The van der Waals surface area contributed by atoms with Gasteiger partial charge in [0.05, 0.1) is 11.6 Å². The fourth-order valence-corrected chi connectivity index (χ4v) is 5.32. The summed E-state index contributed by atoms with van der Waals surface area (Å²) in [5.74, 6) is 0.835. The maximum atomic E-state index is 6.99. The van der Waals surface area contributed by atoms with Gasteiger partial charge in [-0.15, -0.1) is 0 Å². The number of benzene rings is 4. The molecular formula is C29H26N2O. The van der Waals surface area contributed by atoms with Crippen LogP contribution in [0.25, 0.3) is 10.8 Å². The molecule has 0 saturated heterocycles. The zero-order valence-electron chi connectivity index (χ0n) is 18.7. The molecule has 0 radical (unpaired) electrons. The van der Waals surface area contributed by atoms with Crippen molar-refractivity contribution < 1.29 is 4.74 Å². The average Bonchev–Trinajstić information content (AvgIpc) is 2.99. The van der Waals surface area contributed by atoms with Crippen molar-refractivity contribution >= 4 is 28.4 Å². The summed E-state index contributed by atoms with van der Waals surface area (Å²) in [6.45, 7) is 7.46. The van der Waals surface area contributed by atoms with Crippen LogP contribution in [0.2, 0.25) is 0 Å². The highest BCUT2D eigenvalue weighted by molar-refractivity contribution is 5.99. The van der Waals surface area contributed by atoms with Gasteiger partial charge in [0.25, 0.3) is 0 Å². The monoisotopic (exact) mass is 418 g/mol. The zero-order valence-corrected chi connectivity index (χ0v) is 18.7. The summed E-state index contributed by atoms with van der Waals surface area (Å²) in [7, 11) is 0. The van der Waals surface area contributed by atoms with Gasteiger partial charge in [-0.05, 0) is 55.0 Å². The number of hydrogen-bond acceptors (Lipinski definition) is 3. The van der Waals surface area contributed by atoms with Crippen molar-refractivity contribution in [2.24, 2.45) is 4.99 Å². The third-order valence-corrected chi connectivity index (χ3v) is 7.25. The Hall–Kier alpha value is -3.59. The van der Waals surface area contributed by atoms with Gasteiger partial charge in [0.1, 0.15) is 11.4 Å². The molecule has 3 heteroatoms. The second-order valence-electron chi connectivity index (χ2n) is 9.34. The van der Waals surface area contributed by atoms with Gasteiger partial charge in [-0.25, -0.2) is 0 Å². The van der Waals surface area contributed by atoms with Crippen LogP contribution < -0.4 is 9.64 Å². The van der Waals surface area contributed by atoms with Crippen LogP contribution >= 0.6 is 0 Å². The summed E-state index contributed by atoms with van der Waals surface area (Å²) < 4.78 is 6.99. The number of hydrogen-bond donors (Lipinski definition) is 0. The van der Waals surface area contributed by atoms with E-state index in [-0.39, 0.29) is 5.41 Å². The molecule has 0 saturated carbocycles. The van der Waals surface area contributed by atoms with E-state index in [4.69, 9.17) is 9.73 Å². The molecule has 2 aliphatic heterocycles. The highest BCUT2D eigenvalue weighted by Crippen LogP contribution is 2.55. The van der Waals surface area contributed by atoms with Crippen LogP contribution in [0.3, 0.4) is 0 Å². The number of aryl methyl sites for hydroxylation is 1. The lowest BCUT2D eigenvalue weighted by atomic mass is 9.77. The Labute approximate surface area is 189 Å². The van der Waals surface area contributed by atoms with Crippen molar-refractivity contribution in [3.8, 4) is 5.75 Å². The minimum atomic E-state index is -0.714. The van der Waals surface area contributed by atoms with Crippen LogP contribution in [0.4, 0.5) is 11.4 Å². The fourth-order valence-electron chi connectivity index (χ4n) is 5.32. The number of nitrogens with zero attached hydrogens (tertiary/aromatic N) is 2. The third kappa shape index (κ3) is 2.51. The molecule has 2 heterocycles. The van der Waals surface area contributed by atoms with Crippen molar-refractivity contribution in [3.63, 3.8) is 0 Å². The molecule has 0 aromatic heterocycles. The number of para-hydroxylation sites is 1. The van der Waals surface area contributed by atoms with Crippen LogP contribution in [0.1, 0.15) is 30.5 Å². The standard InChI is InChI=1S/C29H26N2O/c1-20-10-4-5-12-22(20)18-31-25-15-9-8-14-24(25)28(2,3)29(31)19-30-27-23-13-7-6-11-21(23)16-17-26(27)32-29/h4-17,19H,18H2,1-3H3. The smallest absolute Gasteiger partial charge is 0.229 e. The first-order chi connectivity index (χ1) is 15.5. The van der Waals surface area contributed by atoms with E-state index in [1.54, 1.807) is 0 Å². The molecule has 1 unspecified atom stereocenters. The van der Waals surface area contributed by atoms with Crippen LogP contribution in [0.15, 0.2) is 89.9 Å². The Balaban J connectivity index is 1.55. The lowest BCUT2D eigenvalue weighted by Gasteiger charge is -2.46. The van der Waals surface area contributed by atoms with E-state index in [0.29, 0.717) is 0 Å². The second-order valence-corrected chi connectivity index (χ2v) is 9.34. The second kappa shape index (κ2) is 6.70. The van der Waals surface area contributed by atoms with E-state index in [1.807, 2.05) is 6.21 Å². The molecule has 1 atom stereocenters. The van der Waals surface area contributed by atoms with Crippen LogP contribution in [0.5, 0.6) is 5.75 Å². The van der Waals surface area contributed by atoms with Gasteiger partial charge in [-0.2, -0.15) is 0 Å². The Bertz CT molecular complexity index is 1390. The van der Waals surface area contributed by atoms with Gasteiger partial charge in [-0.1, -0.05) is 72.8 Å². The molecule has 0 amide bonds. The van der Waals surface area contributed by atoms with Gasteiger partial charge in [-0.3, -0.25) is 4.99 Å². The van der Waals surface area contributed by atoms with Gasteiger partial charge >= 0.3 is 0 Å². The molecule has 4 aromatic carbocycles. The average molecular weight is 419 g/mol. The predicted molar refractivity (Wildman–Crippen MR) is 132 cm³/mol. The predicted octanol–water partition coefficient (Wildman–Crippen LogP) is 6.94. The number of aliphatic imine (C=N–C) groups is 1. The number of fused-ring (bicyclic) bond motifs is 4. The molecule has 1 spiro atoms. The van der Waals surface area contributed by atoms with E-state index < -0.39 is 5.72 Å². The van der Waals surface area contributed by atoms with Crippen LogP contribution in [-0.4, -0.2) is 11.9 Å². The number of ether oxygens (including phenoxy) is 1. The molecule has 2 aliphatic rings. The molecule has 4 aromatic rings. The summed E-state index contributed by atoms with van der Waals surface area (Å²) >= 11 is 0. The van der Waals surface area contributed by atoms with E-state index in [9.17, 15) is 0 Å². The summed E-state index contributed by atoms with van der Waals surface area (Å²) in [5, 5.41) is 2.29. The van der Waals surface area contributed by atoms with Crippen molar-refractivity contribution in [2.75, 3.05) is 4.90 Å². The summed E-state index contributed by atoms with van der Waals surface area (Å²) in [6.07, 6.45) is 2.04. The molecule has 6 rings (SSSR count). The lowest BCUT2D eigenvalue weighted by Crippen LogP contribution is -2.62. The summed E-state index contributed by atoms with van der Waals surface area (Å²) in [6, 6.07) is 29.8. The molecular weight excluding hydrogens is 392 g/mol. The molecule has 158 valence electrons. The van der Waals surface area contributed by atoms with Crippen molar-refractivity contribution in [1.82, 2.24) is 0 Å². The Morgan fingerprint density at radius 3 is 2.47 bits per heavy atom. The Morgan fingerprint density at radius 1 is 0.844 bits per heavy atom. The first kappa shape index (κ1) is 19.1. The zero-order chi connectivity index (χ0) is 21.9. The third-order valence-electron chi connectivity index (χ3n) is 7.25. The van der Waals surface area contributed by atoms with Gasteiger partial charge in [0.15, 0.2) is 0 Å². The summed E-state index contributed by atoms with van der Waals surface area (Å²) in [4.78, 5) is 7.45. The molecule has 3 nitrogen and oxygen atoms in total. The molecule has 32 heavy (non-hydrogen) atoms. The topological polar surface area (TPSA) is 24.8 Å². The quantitative estimate of drug-likeness (QED) is 0.352. The fraction of sp³-hybridized carbons (Fsp3) is 0.207. The number of rotatable bonds is 2. The summed E-state index contributed by atoms with van der Waals surface area (Å²) in [5.41, 5.74) is 4.97. The lowest BCUT2D eigenvalue weighted by molar-refractivity contribution is 0.0764. The Morgan fingerprint density at radius 2 is 1.59 bits per heavy atom. The van der Waals surface area contributed by atoms with Crippen molar-refractivity contribution in [1.29, 1.82) is 0 Å². The Kier molecular flexibility index (Phi) is 4.00. The van der Waals surface area contributed by atoms with Crippen molar-refractivity contribution in [3.05, 3.63) is 102 Å². The first-order valence-corrected chi connectivity index (χ1v) is 11.2. The molecule has 0 N–H and O–H groups in total. The number of anilines is 1. The van der Waals surface area contributed by atoms with Gasteiger partial charge < -0.3 is 9.64 Å². The van der Waals surface area contributed by atoms with Crippen LogP contribution in [-0.2, 0) is 12.0 Å². The highest BCUT2D eigenvalue weighted by atomic mass is 16.5. The van der Waals surface area contributed by atoms with Crippen molar-refractivity contribution in [2.45, 2.75) is 38.5 Å². The largest absolute Gasteiger partial charge is 0.459 e. The first-order valence-electron chi connectivity index (χ1n) is 11.2. The molecule has 0 bridgehead atoms. The van der Waals surface area contributed by atoms with E-state index in [0.717, 1.165) is 23.4 Å². The van der Waals surface area contributed by atoms with E-state index >= 15 is 0 Å². The van der Waals surface area contributed by atoms with Gasteiger partial charge in [0, 0.05) is 17.6 Å². The maximum absolute atomic E-state index is 6.99. The van der Waals surface area contributed by atoms with E-state index in [1.165, 1.54) is 27.8 Å². The van der Waals surface area contributed by atoms with E-state index in [2.05, 4.69) is 111 Å². The minimum absolute atomic E-state index is 0.293. The molecule has 0 aliphatic carbocycles. The SMILES string of the molecule is Cc1ccccc1CN1c2ccccc2C(C)(C)C12C=Nc1c(ccc3ccccc13)O2. The minimum Gasteiger partial charge on any atom is -0.459 e. The van der Waals surface area contributed by atoms with Crippen LogP contribution in [0, 0.1) is 6.92 Å². The normalized spacial score (nSPS) is 20.3. The highest BCUT2D eigenvalue weighted by Gasteiger charge is 2.59.